The molecule has 4 aromatic rings. The van der Waals surface area contributed by atoms with Gasteiger partial charge in [0.2, 0.25) is 0 Å². The molecule has 1 aromatic heterocycles. The van der Waals surface area contributed by atoms with Crippen molar-refractivity contribution < 1.29 is 9.59 Å². The quantitative estimate of drug-likeness (QED) is 0.416. The monoisotopic (exact) mass is 451 g/mol. The highest BCUT2D eigenvalue weighted by Gasteiger charge is 2.22. The van der Waals surface area contributed by atoms with Gasteiger partial charge in [0, 0.05) is 47.5 Å². The summed E-state index contributed by atoms with van der Waals surface area (Å²) in [4.78, 5) is 28.4. The number of carbonyl (C=O) groups is 2. The lowest BCUT2D eigenvalue weighted by Gasteiger charge is -2.22. The molecule has 34 heavy (non-hydrogen) atoms. The summed E-state index contributed by atoms with van der Waals surface area (Å²) < 4.78 is 2.18. The minimum atomic E-state index is -0.277. The molecule has 3 aromatic carbocycles. The normalized spacial score (nSPS) is 14.9. The molecule has 5 heteroatoms. The maximum atomic E-state index is 13.5. The van der Waals surface area contributed by atoms with E-state index in [0.29, 0.717) is 11.3 Å². The summed E-state index contributed by atoms with van der Waals surface area (Å²) in [6, 6.07) is 23.5. The van der Waals surface area contributed by atoms with E-state index in [2.05, 4.69) is 41.2 Å². The molecule has 0 bridgehead atoms. The van der Waals surface area contributed by atoms with E-state index in [-0.39, 0.29) is 11.8 Å². The van der Waals surface area contributed by atoms with Gasteiger partial charge in [-0.25, -0.2) is 0 Å². The number of fused-ring (bicyclic) bond motifs is 3. The Morgan fingerprint density at radius 2 is 1.47 bits per heavy atom. The Morgan fingerprint density at radius 3 is 2.24 bits per heavy atom. The number of nitrogens with zero attached hydrogens (tertiary/aromatic N) is 2. The van der Waals surface area contributed by atoms with Crippen LogP contribution >= 0.6 is 0 Å². The van der Waals surface area contributed by atoms with Crippen LogP contribution in [0.15, 0.2) is 78.5 Å². The van der Waals surface area contributed by atoms with Crippen LogP contribution < -0.4 is 5.32 Å². The van der Waals surface area contributed by atoms with Crippen molar-refractivity contribution in [2.24, 2.45) is 7.05 Å². The third kappa shape index (κ3) is 4.34. The van der Waals surface area contributed by atoms with E-state index in [9.17, 15) is 9.59 Å². The second-order valence-corrected chi connectivity index (χ2v) is 8.94. The van der Waals surface area contributed by atoms with Gasteiger partial charge in [0.05, 0.1) is 0 Å². The van der Waals surface area contributed by atoms with Gasteiger partial charge in [-0.2, -0.15) is 0 Å². The van der Waals surface area contributed by atoms with Crippen LogP contribution in [0.1, 0.15) is 41.6 Å². The van der Waals surface area contributed by atoms with Gasteiger partial charge >= 0.3 is 0 Å². The Bertz CT molecular complexity index is 1380. The average Bonchev–Trinajstić information content (AvgIpc) is 3.03. The van der Waals surface area contributed by atoms with Crippen molar-refractivity contribution in [3.8, 4) is 0 Å². The molecule has 0 spiro atoms. The van der Waals surface area contributed by atoms with Crippen LogP contribution in [0.4, 0.5) is 0 Å². The fourth-order valence-electron chi connectivity index (χ4n) is 4.82. The molecule has 5 rings (SSSR count). The van der Waals surface area contributed by atoms with Crippen LogP contribution in [0.3, 0.4) is 0 Å². The zero-order valence-corrected chi connectivity index (χ0v) is 19.5. The van der Waals surface area contributed by atoms with E-state index in [1.165, 1.54) is 5.39 Å². The van der Waals surface area contributed by atoms with E-state index in [4.69, 9.17) is 0 Å². The predicted octanol–water partition coefficient (Wildman–Crippen LogP) is 5.51. The van der Waals surface area contributed by atoms with E-state index in [0.717, 1.165) is 60.8 Å². The molecule has 0 aliphatic carbocycles. The molecule has 0 radical (unpaired) electrons. The Kier molecular flexibility index (Phi) is 6.17. The molecule has 2 amide bonds. The van der Waals surface area contributed by atoms with Crippen molar-refractivity contribution in [3.05, 3.63) is 89.6 Å². The van der Waals surface area contributed by atoms with Gasteiger partial charge < -0.3 is 14.8 Å². The fourth-order valence-corrected chi connectivity index (χ4v) is 4.82. The minimum absolute atomic E-state index is 0.121. The molecule has 2 heterocycles. The van der Waals surface area contributed by atoms with Gasteiger partial charge in [-0.3, -0.25) is 9.59 Å². The molecule has 5 nitrogen and oxygen atoms in total. The number of hydrogen-bond donors (Lipinski definition) is 1. The number of aromatic nitrogens is 1. The van der Waals surface area contributed by atoms with E-state index in [1.807, 2.05) is 47.4 Å². The summed E-state index contributed by atoms with van der Waals surface area (Å²) in [5.41, 5.74) is 4.02. The number of aryl methyl sites for hydroxylation is 1. The summed E-state index contributed by atoms with van der Waals surface area (Å²) in [5, 5.41) is 5.21. The lowest BCUT2D eigenvalue weighted by molar-refractivity contribution is -0.127. The van der Waals surface area contributed by atoms with Crippen LogP contribution in [0.2, 0.25) is 0 Å². The topological polar surface area (TPSA) is 54.3 Å². The van der Waals surface area contributed by atoms with E-state index >= 15 is 0 Å². The zero-order chi connectivity index (χ0) is 23.5. The van der Waals surface area contributed by atoms with Crippen molar-refractivity contribution in [3.63, 3.8) is 0 Å². The van der Waals surface area contributed by atoms with Crippen molar-refractivity contribution in [1.29, 1.82) is 0 Å². The van der Waals surface area contributed by atoms with Crippen molar-refractivity contribution in [2.75, 3.05) is 13.1 Å². The number of para-hydroxylation sites is 1. The van der Waals surface area contributed by atoms with Crippen LogP contribution in [-0.2, 0) is 11.8 Å². The highest BCUT2D eigenvalue weighted by atomic mass is 16.2. The molecule has 1 saturated heterocycles. The molecule has 172 valence electrons. The van der Waals surface area contributed by atoms with Gasteiger partial charge in [-0.15, -0.1) is 0 Å². The number of carbonyl (C=O) groups excluding carboxylic acids is 2. The first kappa shape index (κ1) is 22.0. The number of rotatable bonds is 4. The lowest BCUT2D eigenvalue weighted by atomic mass is 10.1. The largest absolute Gasteiger partial charge is 0.344 e. The van der Waals surface area contributed by atoms with Gasteiger partial charge in [0.15, 0.2) is 0 Å². The predicted molar refractivity (Wildman–Crippen MR) is 137 cm³/mol. The van der Waals surface area contributed by atoms with Crippen molar-refractivity contribution in [2.45, 2.75) is 25.7 Å². The van der Waals surface area contributed by atoms with Crippen molar-refractivity contribution in [1.82, 2.24) is 14.8 Å². The lowest BCUT2D eigenvalue weighted by Crippen LogP contribution is -2.39. The Hall–Kier alpha value is -3.86. The first-order valence-electron chi connectivity index (χ1n) is 12.0. The highest BCUT2D eigenvalue weighted by molar-refractivity contribution is 6.09. The van der Waals surface area contributed by atoms with Crippen LogP contribution in [0.5, 0.6) is 0 Å². The molecular formula is C29H29N3O2. The first-order valence-corrected chi connectivity index (χ1v) is 12.0. The van der Waals surface area contributed by atoms with E-state index in [1.54, 1.807) is 12.1 Å². The number of nitrogens with one attached hydrogen (secondary N) is 1. The first-order chi connectivity index (χ1) is 16.6. The summed E-state index contributed by atoms with van der Waals surface area (Å²) in [6.07, 6.45) is 6.07. The maximum Gasteiger partial charge on any atom is 0.270 e. The molecular weight excluding hydrogens is 422 g/mol. The van der Waals surface area contributed by atoms with Gasteiger partial charge in [0.25, 0.3) is 11.8 Å². The third-order valence-electron chi connectivity index (χ3n) is 6.66. The smallest absolute Gasteiger partial charge is 0.270 e. The number of benzene rings is 3. The summed E-state index contributed by atoms with van der Waals surface area (Å²) >= 11 is 0. The van der Waals surface area contributed by atoms with Crippen molar-refractivity contribution >= 4 is 39.7 Å². The Balaban J connectivity index is 1.55. The molecule has 0 atom stereocenters. The standard InChI is InChI=1S/C29H29N3O2/c1-31-26-14-8-7-13-23(26)24-19-21(15-16-27(24)31)20-25(29(34)32-17-9-2-3-10-18-32)30-28(33)22-11-5-4-6-12-22/h4-8,11-16,19-20H,2-3,9-10,17-18H2,1H3,(H,30,33). The van der Waals surface area contributed by atoms with Gasteiger partial charge in [-0.1, -0.05) is 55.3 Å². The SMILES string of the molecule is Cn1c2ccccc2c2cc(C=C(NC(=O)c3ccccc3)C(=O)N3CCCCCC3)ccc21. The summed E-state index contributed by atoms with van der Waals surface area (Å²) in [7, 11) is 2.06. The molecule has 0 unspecified atom stereocenters. The molecule has 1 fully saturated rings. The minimum Gasteiger partial charge on any atom is -0.344 e. The highest BCUT2D eigenvalue weighted by Crippen LogP contribution is 2.29. The van der Waals surface area contributed by atoms with Gasteiger partial charge in [-0.05, 0) is 54.8 Å². The maximum absolute atomic E-state index is 13.5. The second-order valence-electron chi connectivity index (χ2n) is 8.94. The Morgan fingerprint density at radius 1 is 0.794 bits per heavy atom. The molecule has 0 saturated carbocycles. The number of hydrogen-bond acceptors (Lipinski definition) is 2. The number of likely N-dealkylation sites (tertiary alicyclic amines) is 1. The summed E-state index contributed by atoms with van der Waals surface area (Å²) in [6.45, 7) is 1.44. The average molecular weight is 452 g/mol. The van der Waals surface area contributed by atoms with Gasteiger partial charge in [0.1, 0.15) is 5.70 Å². The molecule has 1 N–H and O–H groups in total. The molecule has 1 aliphatic heterocycles. The zero-order valence-electron chi connectivity index (χ0n) is 19.5. The molecule has 1 aliphatic rings. The van der Waals surface area contributed by atoms with Crippen LogP contribution in [0, 0.1) is 0 Å². The number of amides is 2. The second kappa shape index (κ2) is 9.56. The van der Waals surface area contributed by atoms with E-state index < -0.39 is 0 Å². The Labute approximate surface area is 199 Å². The van der Waals surface area contributed by atoms with Crippen LogP contribution in [-0.4, -0.2) is 34.4 Å². The fraction of sp³-hybridized carbons (Fsp3) is 0.241. The van der Waals surface area contributed by atoms with Crippen LogP contribution in [0.25, 0.3) is 27.9 Å². The summed E-state index contributed by atoms with van der Waals surface area (Å²) in [5.74, 6) is -0.398. The third-order valence-corrected chi connectivity index (χ3v) is 6.66.